The third-order valence-electron chi connectivity index (χ3n) is 18.1. The van der Waals surface area contributed by atoms with Crippen LogP contribution in [0.5, 0.6) is 11.5 Å². The molecule has 0 heterocycles. The van der Waals surface area contributed by atoms with Crippen molar-refractivity contribution in [1.29, 1.82) is 0 Å². The Kier molecular flexibility index (Phi) is 18.8. The van der Waals surface area contributed by atoms with Gasteiger partial charge in [-0.2, -0.15) is 0 Å². The van der Waals surface area contributed by atoms with Crippen molar-refractivity contribution in [1.82, 2.24) is 0 Å². The summed E-state index contributed by atoms with van der Waals surface area (Å²) in [5.41, 5.74) is 2.16. The van der Waals surface area contributed by atoms with Gasteiger partial charge in [0.1, 0.15) is 24.3 Å². The number of rotatable bonds is 20. The van der Waals surface area contributed by atoms with E-state index in [1.807, 2.05) is 6.08 Å². The van der Waals surface area contributed by atoms with Crippen LogP contribution in [0.2, 0.25) is 10.0 Å². The van der Waals surface area contributed by atoms with Crippen molar-refractivity contribution in [2.45, 2.75) is 138 Å². The number of nitro groups is 2. The molecule has 2 N–H and O–H groups in total. The first-order valence-corrected chi connectivity index (χ1v) is 27.1. The molecule has 4 fully saturated rings. The van der Waals surface area contributed by atoms with Gasteiger partial charge in [0.05, 0.1) is 19.9 Å². The molecule has 74 heavy (non-hydrogen) atoms. The van der Waals surface area contributed by atoms with Crippen LogP contribution in [0.1, 0.15) is 167 Å². The molecule has 0 spiro atoms. The van der Waals surface area contributed by atoms with E-state index in [1.165, 1.54) is 113 Å². The molecule has 0 saturated heterocycles. The summed E-state index contributed by atoms with van der Waals surface area (Å²) in [6.45, 7) is 12.1. The third-order valence-corrected chi connectivity index (χ3v) is 18.6. The Balaban J connectivity index is 0.00000800. The Labute approximate surface area is 467 Å². The van der Waals surface area contributed by atoms with E-state index in [0.29, 0.717) is 56.9 Å². The zero-order valence-electron chi connectivity index (χ0n) is 43.7. The summed E-state index contributed by atoms with van der Waals surface area (Å²) in [5, 5.41) is 43.9. The van der Waals surface area contributed by atoms with Crippen molar-refractivity contribution >= 4 is 52.1 Å². The number of aromatic carboxylic acids is 2. The molecule has 12 nitrogen and oxygen atoms in total. The molecule has 15 heteroatoms. The SMILES string of the molecule is CC(C)CCCC(C)[C@H]1CC[C@H]2[C@@H]3CC[C@H]4C[C@@H](CCC=C(c5cc(Cl)c(OCc6cccc([N+](=O)[O-])c6)c(C(=O)O)c5)c5cc(Cl)c(OCc6cccc([N+](=O)[O-])c6)c(C(=O)O)c5)CC[C@]4(C)[C@H]3CC[C@]12C.[Na+]. The number of benzene rings is 4. The van der Waals surface area contributed by atoms with Gasteiger partial charge in [0, 0.05) is 24.3 Å². The topological polar surface area (TPSA) is 179 Å². The van der Waals surface area contributed by atoms with Gasteiger partial charge >= 0.3 is 41.5 Å². The van der Waals surface area contributed by atoms with Crippen LogP contribution in [0, 0.1) is 78.4 Å². The van der Waals surface area contributed by atoms with Gasteiger partial charge in [-0.3, -0.25) is 20.2 Å². The summed E-state index contributed by atoms with van der Waals surface area (Å²) in [5.74, 6) is 3.03. The number of carboxylic acid groups (broad SMARTS) is 2. The van der Waals surface area contributed by atoms with Crippen LogP contribution in [-0.2, 0) is 13.2 Å². The number of fused-ring (bicyclic) bond motifs is 5. The Hall–Kier alpha value is -4.46. The van der Waals surface area contributed by atoms with Crippen LogP contribution in [0.15, 0.2) is 78.9 Å². The molecule has 4 aromatic carbocycles. The molecule has 0 aliphatic heterocycles. The van der Waals surface area contributed by atoms with Crippen molar-refractivity contribution in [3.05, 3.63) is 143 Å². The number of nitro benzene ring substituents is 2. The summed E-state index contributed by atoms with van der Waals surface area (Å²) >= 11 is 13.8. The molecule has 9 atom stereocenters. The van der Waals surface area contributed by atoms with E-state index in [-0.39, 0.29) is 86.8 Å². The minimum atomic E-state index is -1.33. The standard InChI is InChI=1S/C59H70Cl2N2O10.Na/c1-35(2)10-6-11-36(3)49-20-21-50-46-19-18-42-26-37(22-24-58(42,4)51(46)23-25-59(49,50)5)12-9-17-45(40-29-47(56(64)65)54(52(60)31-40)72-33-38-13-7-15-43(27-38)62(68)69)41-30-48(57(66)67)55(53(61)32-41)73-34-39-14-8-16-44(28-39)63(70)71;/h7-8,13-17,27-32,35-37,42,46,49-51H,6,9-12,18-26,33-34H2,1-5H3,(H,64,65)(H,66,67);/q;+1/t36?,37-,42-,46-,49+,50-,51-,58-,59+;/m0./s1. The fourth-order valence-corrected chi connectivity index (χ4v) is 15.0. The number of hydrogen-bond donors (Lipinski definition) is 2. The van der Waals surface area contributed by atoms with Crippen molar-refractivity contribution in [2.75, 3.05) is 0 Å². The van der Waals surface area contributed by atoms with E-state index < -0.39 is 21.8 Å². The van der Waals surface area contributed by atoms with Gasteiger partial charge in [-0.1, -0.05) is 107 Å². The largest absolute Gasteiger partial charge is 1.00 e. The van der Waals surface area contributed by atoms with Crippen LogP contribution in [0.3, 0.4) is 0 Å². The smallest absolute Gasteiger partial charge is 0.486 e. The second-order valence-electron chi connectivity index (χ2n) is 22.7. The molecule has 0 aromatic heterocycles. The fraction of sp³-hybridized carbons (Fsp3) is 0.525. The monoisotopic (exact) mass is 1060 g/mol. The van der Waals surface area contributed by atoms with E-state index >= 15 is 0 Å². The summed E-state index contributed by atoms with van der Waals surface area (Å²) in [7, 11) is 0. The minimum Gasteiger partial charge on any atom is -0.486 e. The number of carbonyl (C=O) groups is 2. The molecule has 8 rings (SSSR count). The molecular weight excluding hydrogens is 991 g/mol. The summed E-state index contributed by atoms with van der Waals surface area (Å²) in [4.78, 5) is 47.7. The number of ether oxygens (including phenoxy) is 2. The number of halogens is 2. The van der Waals surface area contributed by atoms with Gasteiger partial charge in [0.15, 0.2) is 11.5 Å². The first-order valence-electron chi connectivity index (χ1n) is 26.3. The van der Waals surface area contributed by atoms with Crippen LogP contribution in [0.4, 0.5) is 11.4 Å². The van der Waals surface area contributed by atoms with Crippen LogP contribution in [0.25, 0.3) is 5.57 Å². The van der Waals surface area contributed by atoms with Gasteiger partial charge < -0.3 is 19.7 Å². The molecule has 0 bridgehead atoms. The predicted molar refractivity (Wildman–Crippen MR) is 285 cm³/mol. The summed E-state index contributed by atoms with van der Waals surface area (Å²) in [6.07, 6.45) is 19.1. The van der Waals surface area contributed by atoms with Gasteiger partial charge in [-0.25, -0.2) is 9.59 Å². The number of nitrogens with zero attached hydrogens (tertiary/aromatic N) is 2. The maximum absolute atomic E-state index is 12.9. The maximum Gasteiger partial charge on any atom is 1.00 e. The molecule has 1 unspecified atom stereocenters. The normalized spacial score (nSPS) is 25.4. The summed E-state index contributed by atoms with van der Waals surface area (Å²) < 4.78 is 11.9. The Bertz CT molecular complexity index is 2640. The van der Waals surface area contributed by atoms with E-state index in [0.717, 1.165) is 54.8 Å². The van der Waals surface area contributed by atoms with Crippen molar-refractivity contribution in [3.63, 3.8) is 0 Å². The molecule has 390 valence electrons. The quantitative estimate of drug-likeness (QED) is 0.0491. The van der Waals surface area contributed by atoms with E-state index in [2.05, 4.69) is 34.6 Å². The van der Waals surface area contributed by atoms with Crippen molar-refractivity contribution < 1.29 is 68.7 Å². The second kappa shape index (κ2) is 24.3. The first-order chi connectivity index (χ1) is 34.8. The number of allylic oxidation sites excluding steroid dienone is 1. The van der Waals surface area contributed by atoms with Crippen LogP contribution >= 0.6 is 23.2 Å². The number of carboxylic acids is 2. The van der Waals surface area contributed by atoms with Crippen molar-refractivity contribution in [2.24, 2.45) is 58.2 Å². The Morgan fingerprint density at radius 1 is 0.730 bits per heavy atom. The molecule has 4 saturated carbocycles. The maximum atomic E-state index is 12.9. The van der Waals surface area contributed by atoms with Gasteiger partial charge in [-0.05, 0) is 181 Å². The molecule has 4 aliphatic rings. The van der Waals surface area contributed by atoms with Crippen LogP contribution in [-0.4, -0.2) is 32.0 Å². The molecule has 4 aromatic rings. The second-order valence-corrected chi connectivity index (χ2v) is 23.5. The predicted octanol–water partition coefficient (Wildman–Crippen LogP) is 13.3. The van der Waals surface area contributed by atoms with Gasteiger partial charge in [-0.15, -0.1) is 0 Å². The van der Waals surface area contributed by atoms with Crippen LogP contribution < -0.4 is 39.0 Å². The molecule has 0 amide bonds. The zero-order chi connectivity index (χ0) is 52.4. The van der Waals surface area contributed by atoms with Gasteiger partial charge in [0.25, 0.3) is 11.4 Å². The Morgan fingerprint density at radius 2 is 1.27 bits per heavy atom. The minimum absolute atomic E-state index is 0. The average Bonchev–Trinajstić information content (AvgIpc) is 3.71. The fourth-order valence-electron chi connectivity index (χ4n) is 14.4. The zero-order valence-corrected chi connectivity index (χ0v) is 47.3. The van der Waals surface area contributed by atoms with E-state index in [9.17, 15) is 40.0 Å². The average molecular weight is 1060 g/mol. The van der Waals surface area contributed by atoms with Crippen molar-refractivity contribution in [3.8, 4) is 11.5 Å². The third kappa shape index (κ3) is 12.4. The number of non-ortho nitro benzene ring substituents is 2. The van der Waals surface area contributed by atoms with E-state index in [1.54, 1.807) is 24.3 Å². The van der Waals surface area contributed by atoms with Gasteiger partial charge in [0.2, 0.25) is 0 Å². The first kappa shape index (κ1) is 57.2. The summed E-state index contributed by atoms with van der Waals surface area (Å²) in [6, 6.07) is 17.7. The molecule has 4 aliphatic carbocycles. The molecular formula is C59H70Cl2N2NaO10+. The van der Waals surface area contributed by atoms with E-state index in [4.69, 9.17) is 32.7 Å². The number of hydrogen-bond acceptors (Lipinski definition) is 8. The Morgan fingerprint density at radius 3 is 1.80 bits per heavy atom. The molecule has 0 radical (unpaired) electrons.